The highest BCUT2D eigenvalue weighted by molar-refractivity contribution is 6.04. The predicted molar refractivity (Wildman–Crippen MR) is 104 cm³/mol. The van der Waals surface area contributed by atoms with Crippen LogP contribution in [-0.2, 0) is 0 Å². The summed E-state index contributed by atoms with van der Waals surface area (Å²) >= 11 is 0. The van der Waals surface area contributed by atoms with E-state index >= 15 is 0 Å². The number of carbonyl (C=O) groups excluding carboxylic acids is 1. The van der Waals surface area contributed by atoms with Gasteiger partial charge in [-0.25, -0.2) is 10.0 Å². The van der Waals surface area contributed by atoms with Gasteiger partial charge >= 0.3 is 0 Å². The lowest BCUT2D eigenvalue weighted by Gasteiger charge is -2.43. The number of benzene rings is 1. The number of rotatable bonds is 4. The Hall–Kier alpha value is -3.20. The number of hydrogen-bond acceptors (Lipinski definition) is 8. The zero-order valence-corrected chi connectivity index (χ0v) is 15.9. The molecule has 1 amide bonds. The third kappa shape index (κ3) is 3.13. The minimum Gasteiger partial charge on any atom is -0.493 e. The van der Waals surface area contributed by atoms with Crippen LogP contribution in [0.1, 0.15) is 16.1 Å². The summed E-state index contributed by atoms with van der Waals surface area (Å²) in [5, 5.41) is 4.25. The van der Waals surface area contributed by atoms with Crippen molar-refractivity contribution in [2.45, 2.75) is 0 Å². The number of aliphatic imine (C=N–C) groups is 1. The van der Waals surface area contributed by atoms with Crippen LogP contribution in [0.5, 0.6) is 11.5 Å². The Bertz CT molecular complexity index is 888. The molecule has 2 N–H and O–H groups in total. The Morgan fingerprint density at radius 3 is 2.50 bits per heavy atom. The zero-order chi connectivity index (χ0) is 19.7. The third-order valence-electron chi connectivity index (χ3n) is 5.05. The molecule has 9 nitrogen and oxygen atoms in total. The number of amidine groups is 1. The van der Waals surface area contributed by atoms with Crippen LogP contribution in [0.3, 0.4) is 0 Å². The van der Waals surface area contributed by atoms with Gasteiger partial charge in [0.1, 0.15) is 12.5 Å². The first-order valence-corrected chi connectivity index (χ1v) is 9.04. The van der Waals surface area contributed by atoms with Crippen LogP contribution < -0.4 is 20.2 Å². The van der Waals surface area contributed by atoms with Gasteiger partial charge in [-0.15, -0.1) is 0 Å². The normalized spacial score (nSPS) is 17.1. The van der Waals surface area contributed by atoms with E-state index in [1.54, 1.807) is 31.3 Å². The van der Waals surface area contributed by atoms with Crippen LogP contribution in [0, 0.1) is 0 Å². The molecule has 0 atom stereocenters. The molecule has 1 aromatic heterocycles. The molecule has 4 rings (SSSR count). The highest BCUT2D eigenvalue weighted by Gasteiger charge is 2.30. The van der Waals surface area contributed by atoms with Crippen molar-refractivity contribution in [3.05, 3.63) is 41.9 Å². The van der Waals surface area contributed by atoms with Crippen LogP contribution in [0.25, 0.3) is 0 Å². The lowest BCUT2D eigenvalue weighted by Crippen LogP contribution is -2.56. The van der Waals surface area contributed by atoms with Crippen molar-refractivity contribution in [1.82, 2.24) is 9.91 Å². The van der Waals surface area contributed by atoms with Crippen molar-refractivity contribution < 1.29 is 18.7 Å². The van der Waals surface area contributed by atoms with E-state index in [1.165, 1.54) is 6.26 Å². The van der Waals surface area contributed by atoms with E-state index in [0.29, 0.717) is 55.9 Å². The fourth-order valence-corrected chi connectivity index (χ4v) is 3.53. The Morgan fingerprint density at radius 1 is 1.14 bits per heavy atom. The fourth-order valence-electron chi connectivity index (χ4n) is 3.53. The summed E-state index contributed by atoms with van der Waals surface area (Å²) in [5.41, 5.74) is 7.83. The molecule has 148 valence electrons. The van der Waals surface area contributed by atoms with Gasteiger partial charge < -0.3 is 24.5 Å². The standard InChI is InChI=1S/C19H23N5O4/c1-26-16-10-13-14(11-17(16)27-2)24(12-21-18(13)20)23-7-5-22(6-8-23)19(25)15-4-3-9-28-15/h3-4,9-11H,5-8,12H2,1-2H3,(H2,20,21). The lowest BCUT2D eigenvalue weighted by atomic mass is 10.1. The predicted octanol–water partition coefficient (Wildman–Crippen LogP) is 1.15. The molecule has 0 aliphatic carbocycles. The van der Waals surface area contributed by atoms with Crippen molar-refractivity contribution in [3.63, 3.8) is 0 Å². The number of nitrogens with two attached hydrogens (primary N) is 1. The van der Waals surface area contributed by atoms with Crippen molar-refractivity contribution >= 4 is 17.4 Å². The maximum absolute atomic E-state index is 12.5. The first-order valence-electron chi connectivity index (χ1n) is 9.04. The maximum atomic E-state index is 12.5. The van der Waals surface area contributed by atoms with Gasteiger partial charge in [0.2, 0.25) is 0 Å². The number of anilines is 1. The maximum Gasteiger partial charge on any atom is 0.289 e. The summed E-state index contributed by atoms with van der Waals surface area (Å²) in [6.45, 7) is 2.96. The molecular weight excluding hydrogens is 362 g/mol. The van der Waals surface area contributed by atoms with E-state index in [4.69, 9.17) is 19.6 Å². The summed E-state index contributed by atoms with van der Waals surface area (Å²) in [7, 11) is 3.20. The number of fused-ring (bicyclic) bond motifs is 1. The van der Waals surface area contributed by atoms with E-state index in [9.17, 15) is 4.79 Å². The number of piperazine rings is 1. The van der Waals surface area contributed by atoms with E-state index in [1.807, 2.05) is 12.1 Å². The van der Waals surface area contributed by atoms with Gasteiger partial charge in [0.25, 0.3) is 5.91 Å². The monoisotopic (exact) mass is 385 g/mol. The molecule has 2 aromatic rings. The van der Waals surface area contributed by atoms with Gasteiger partial charge in [-0.05, 0) is 18.2 Å². The molecule has 2 aliphatic heterocycles. The second kappa shape index (κ2) is 7.43. The number of amides is 1. The van der Waals surface area contributed by atoms with Crippen molar-refractivity contribution in [3.8, 4) is 11.5 Å². The Balaban J connectivity index is 1.53. The van der Waals surface area contributed by atoms with Gasteiger partial charge in [-0.3, -0.25) is 9.80 Å². The van der Waals surface area contributed by atoms with E-state index in [-0.39, 0.29) is 5.91 Å². The molecule has 0 bridgehead atoms. The van der Waals surface area contributed by atoms with Gasteiger partial charge in [-0.1, -0.05) is 0 Å². The van der Waals surface area contributed by atoms with Crippen LogP contribution in [0.15, 0.2) is 39.9 Å². The molecule has 0 spiro atoms. The van der Waals surface area contributed by atoms with Crippen molar-refractivity contribution in [2.75, 3.05) is 52.1 Å². The SMILES string of the molecule is COc1cc2c(cc1OC)N(N1CCN(C(=O)c3ccco3)CC1)CN=C2N. The molecule has 0 unspecified atom stereocenters. The molecule has 3 heterocycles. The molecule has 28 heavy (non-hydrogen) atoms. The second-order valence-corrected chi connectivity index (χ2v) is 6.53. The van der Waals surface area contributed by atoms with Crippen LogP contribution >= 0.6 is 0 Å². The van der Waals surface area contributed by atoms with Crippen molar-refractivity contribution in [2.24, 2.45) is 10.7 Å². The van der Waals surface area contributed by atoms with Crippen LogP contribution in [-0.4, -0.2) is 68.7 Å². The molecule has 1 fully saturated rings. The summed E-state index contributed by atoms with van der Waals surface area (Å²) in [6.07, 6.45) is 1.51. The van der Waals surface area contributed by atoms with Crippen LogP contribution in [0.2, 0.25) is 0 Å². The van der Waals surface area contributed by atoms with Gasteiger partial charge in [0.15, 0.2) is 17.3 Å². The highest BCUT2D eigenvalue weighted by Crippen LogP contribution is 2.37. The van der Waals surface area contributed by atoms with E-state index in [0.717, 1.165) is 11.3 Å². The largest absolute Gasteiger partial charge is 0.493 e. The molecule has 2 aliphatic rings. The number of methoxy groups -OCH3 is 2. The summed E-state index contributed by atoms with van der Waals surface area (Å²) in [5.74, 6) is 1.99. The minimum atomic E-state index is -0.0858. The van der Waals surface area contributed by atoms with Gasteiger partial charge in [0, 0.05) is 37.8 Å². The second-order valence-electron chi connectivity index (χ2n) is 6.53. The molecule has 1 saturated heterocycles. The average Bonchev–Trinajstić information content (AvgIpc) is 3.28. The molecule has 0 radical (unpaired) electrons. The number of hydrazine groups is 1. The Kier molecular flexibility index (Phi) is 4.82. The molecule has 0 saturated carbocycles. The smallest absolute Gasteiger partial charge is 0.289 e. The molecule has 9 heteroatoms. The van der Waals surface area contributed by atoms with Gasteiger partial charge in [0.05, 0.1) is 26.2 Å². The van der Waals surface area contributed by atoms with Gasteiger partial charge in [-0.2, -0.15) is 0 Å². The minimum absolute atomic E-state index is 0.0858. The summed E-state index contributed by atoms with van der Waals surface area (Å²) in [6, 6.07) is 7.16. The third-order valence-corrected chi connectivity index (χ3v) is 5.05. The lowest BCUT2D eigenvalue weighted by molar-refractivity contribution is 0.0590. The first-order chi connectivity index (χ1) is 13.6. The highest BCUT2D eigenvalue weighted by atomic mass is 16.5. The summed E-state index contributed by atoms with van der Waals surface area (Å²) in [4.78, 5) is 18.7. The number of nitrogens with zero attached hydrogens (tertiary/aromatic N) is 4. The summed E-state index contributed by atoms with van der Waals surface area (Å²) < 4.78 is 16.1. The number of ether oxygens (including phenoxy) is 2. The molecular formula is C19H23N5O4. The number of carbonyl (C=O) groups is 1. The van der Waals surface area contributed by atoms with Crippen LogP contribution in [0.4, 0.5) is 5.69 Å². The van der Waals surface area contributed by atoms with Crippen molar-refractivity contribution in [1.29, 1.82) is 0 Å². The Labute approximate surface area is 162 Å². The quantitative estimate of drug-likeness (QED) is 0.843. The Morgan fingerprint density at radius 2 is 1.86 bits per heavy atom. The molecule has 1 aromatic carbocycles. The zero-order valence-electron chi connectivity index (χ0n) is 15.9. The van der Waals surface area contributed by atoms with E-state index < -0.39 is 0 Å². The fraction of sp³-hybridized carbons (Fsp3) is 0.368. The number of hydrogen-bond donors (Lipinski definition) is 1. The first kappa shape index (κ1) is 18.2. The topological polar surface area (TPSA) is 96.8 Å². The average molecular weight is 385 g/mol. The number of furan rings is 1. The van der Waals surface area contributed by atoms with E-state index in [2.05, 4.69) is 15.0 Å².